The summed E-state index contributed by atoms with van der Waals surface area (Å²) in [5, 5.41) is 18.0. The molecule has 1 saturated carbocycles. The van der Waals surface area contributed by atoms with Crippen LogP contribution in [0.5, 0.6) is 0 Å². The van der Waals surface area contributed by atoms with Gasteiger partial charge in [0.1, 0.15) is 11.1 Å². The highest BCUT2D eigenvalue weighted by Gasteiger charge is 2.56. The van der Waals surface area contributed by atoms with Gasteiger partial charge in [-0.15, -0.1) is 0 Å². The predicted octanol–water partition coefficient (Wildman–Crippen LogP) is 2.72. The highest BCUT2D eigenvalue weighted by atomic mass is 16.8. The Kier molecular flexibility index (Phi) is 6.46. The quantitative estimate of drug-likeness (QED) is 0.324. The van der Waals surface area contributed by atoms with E-state index in [1.807, 2.05) is 0 Å². The Morgan fingerprint density at radius 2 is 0.825 bits per heavy atom. The Labute approximate surface area is 225 Å². The number of ether oxygens (including phenoxy) is 4. The van der Waals surface area contributed by atoms with Gasteiger partial charge in [0, 0.05) is 25.7 Å². The van der Waals surface area contributed by atoms with Gasteiger partial charge in [-0.1, -0.05) is 24.3 Å². The monoisotopic (exact) mass is 548 g/mol. The SMILES string of the molecule is O=C1OC2(CCC3(CC2)OC(=O)C(=Cc2ccc(C(=O)O)cc2)C(=O)O3)OC(=O)C1=Cc1ccc(C(=O)O)cc1. The second kappa shape index (κ2) is 9.80. The maximum Gasteiger partial charge on any atom is 0.348 e. The highest BCUT2D eigenvalue weighted by molar-refractivity contribution is 6.19. The van der Waals surface area contributed by atoms with Crippen molar-refractivity contribution in [2.45, 2.75) is 37.3 Å². The van der Waals surface area contributed by atoms with Crippen molar-refractivity contribution in [1.29, 1.82) is 0 Å². The fourth-order valence-electron chi connectivity index (χ4n) is 4.54. The van der Waals surface area contributed by atoms with Crippen LogP contribution in [0.4, 0.5) is 0 Å². The lowest BCUT2D eigenvalue weighted by Crippen LogP contribution is -2.56. The van der Waals surface area contributed by atoms with Gasteiger partial charge in [0.05, 0.1) is 11.1 Å². The minimum atomic E-state index is -1.63. The van der Waals surface area contributed by atoms with Gasteiger partial charge in [0.2, 0.25) is 0 Å². The molecule has 2 aliphatic heterocycles. The zero-order valence-corrected chi connectivity index (χ0v) is 20.6. The number of benzene rings is 2. The Morgan fingerprint density at radius 1 is 0.550 bits per heavy atom. The van der Waals surface area contributed by atoms with Crippen LogP contribution in [0.25, 0.3) is 12.2 Å². The van der Waals surface area contributed by atoms with Gasteiger partial charge >= 0.3 is 35.8 Å². The van der Waals surface area contributed by atoms with Crippen LogP contribution in [0.3, 0.4) is 0 Å². The maximum absolute atomic E-state index is 12.7. The summed E-state index contributed by atoms with van der Waals surface area (Å²) in [6, 6.07) is 11.0. The van der Waals surface area contributed by atoms with E-state index in [4.69, 9.17) is 29.2 Å². The molecule has 0 aromatic heterocycles. The van der Waals surface area contributed by atoms with Crippen LogP contribution in [0.15, 0.2) is 59.7 Å². The lowest BCUT2D eigenvalue weighted by Gasteiger charge is -2.46. The standard InChI is InChI=1S/C28H20O12/c29-21(30)17-5-1-15(2-6-17)13-19-23(33)37-27(38-24(19)34)9-11-28(12-10-27)39-25(35)20(26(36)40-28)14-16-3-7-18(8-4-16)22(31)32/h1-8,13-14H,9-12H2,(H,29,30)(H,31,32). The van der Waals surface area contributed by atoms with Crippen LogP contribution < -0.4 is 0 Å². The summed E-state index contributed by atoms with van der Waals surface area (Å²) in [6.07, 6.45) is 2.01. The summed E-state index contributed by atoms with van der Waals surface area (Å²) < 4.78 is 21.9. The minimum absolute atomic E-state index is 0.0344. The first-order valence-corrected chi connectivity index (χ1v) is 12.0. The van der Waals surface area contributed by atoms with E-state index >= 15 is 0 Å². The summed E-state index contributed by atoms with van der Waals surface area (Å²) in [5.74, 6) is -9.27. The summed E-state index contributed by atoms with van der Waals surface area (Å²) >= 11 is 0. The number of carbonyl (C=O) groups is 6. The predicted molar refractivity (Wildman–Crippen MR) is 131 cm³/mol. The lowest BCUT2D eigenvalue weighted by molar-refractivity contribution is -0.291. The molecule has 204 valence electrons. The zero-order valence-electron chi connectivity index (χ0n) is 20.6. The first kappa shape index (κ1) is 26.4. The number of hydrogen-bond donors (Lipinski definition) is 2. The van der Waals surface area contributed by atoms with Crippen molar-refractivity contribution in [2.75, 3.05) is 0 Å². The molecule has 2 aromatic carbocycles. The molecule has 2 N–H and O–H groups in total. The molecule has 3 fully saturated rings. The maximum atomic E-state index is 12.7. The molecule has 1 aliphatic carbocycles. The first-order chi connectivity index (χ1) is 19.0. The third kappa shape index (κ3) is 5.06. The molecule has 3 aliphatic rings. The molecule has 0 unspecified atom stereocenters. The van der Waals surface area contributed by atoms with Crippen molar-refractivity contribution in [3.05, 3.63) is 81.9 Å². The molecular weight excluding hydrogens is 528 g/mol. The van der Waals surface area contributed by atoms with Crippen molar-refractivity contribution in [3.8, 4) is 0 Å². The molecule has 0 bridgehead atoms. The number of aromatic carboxylic acids is 2. The van der Waals surface area contributed by atoms with Gasteiger partial charge in [-0.25, -0.2) is 28.8 Å². The van der Waals surface area contributed by atoms with E-state index in [1.165, 1.54) is 60.7 Å². The van der Waals surface area contributed by atoms with Crippen LogP contribution in [0.1, 0.15) is 57.5 Å². The smallest absolute Gasteiger partial charge is 0.348 e. The van der Waals surface area contributed by atoms with Crippen LogP contribution in [0, 0.1) is 0 Å². The van der Waals surface area contributed by atoms with E-state index < -0.39 is 47.4 Å². The van der Waals surface area contributed by atoms with Gasteiger partial charge in [0.15, 0.2) is 0 Å². The second-order valence-corrected chi connectivity index (χ2v) is 9.35. The third-order valence-electron chi connectivity index (χ3n) is 6.71. The summed E-state index contributed by atoms with van der Waals surface area (Å²) in [6.45, 7) is 0. The number of esters is 4. The van der Waals surface area contributed by atoms with Crippen molar-refractivity contribution in [3.63, 3.8) is 0 Å². The molecule has 40 heavy (non-hydrogen) atoms. The molecule has 2 spiro atoms. The number of carboxylic acid groups (broad SMARTS) is 2. The Morgan fingerprint density at radius 3 is 1.07 bits per heavy atom. The molecule has 2 saturated heterocycles. The summed E-state index contributed by atoms with van der Waals surface area (Å²) in [4.78, 5) is 72.8. The number of carbonyl (C=O) groups excluding carboxylic acids is 4. The summed E-state index contributed by atoms with van der Waals surface area (Å²) in [5.41, 5.74) is 0.0796. The van der Waals surface area contributed by atoms with Crippen LogP contribution in [-0.4, -0.2) is 57.6 Å². The van der Waals surface area contributed by atoms with Gasteiger partial charge in [-0.05, 0) is 47.5 Å². The van der Waals surface area contributed by atoms with Gasteiger partial charge in [-0.3, -0.25) is 0 Å². The largest absolute Gasteiger partial charge is 0.478 e. The molecular formula is C28H20O12. The fraction of sp³-hybridized carbons (Fsp3) is 0.214. The van der Waals surface area contributed by atoms with E-state index in [2.05, 4.69) is 0 Å². The third-order valence-corrected chi connectivity index (χ3v) is 6.71. The molecule has 2 aromatic rings. The molecule has 0 radical (unpaired) electrons. The average molecular weight is 548 g/mol. The van der Waals surface area contributed by atoms with Crippen LogP contribution >= 0.6 is 0 Å². The number of carboxylic acids is 2. The highest BCUT2D eigenvalue weighted by Crippen LogP contribution is 2.45. The van der Waals surface area contributed by atoms with Crippen molar-refractivity contribution < 1.29 is 57.9 Å². The summed E-state index contributed by atoms with van der Waals surface area (Å²) in [7, 11) is 0. The lowest BCUT2D eigenvalue weighted by atomic mass is 9.87. The van der Waals surface area contributed by atoms with Crippen LogP contribution in [-0.2, 0) is 38.1 Å². The van der Waals surface area contributed by atoms with E-state index in [1.54, 1.807) is 0 Å². The normalized spacial score (nSPS) is 24.1. The molecule has 0 atom stereocenters. The first-order valence-electron chi connectivity index (χ1n) is 12.0. The van der Waals surface area contributed by atoms with Crippen molar-refractivity contribution >= 4 is 48.0 Å². The van der Waals surface area contributed by atoms with E-state index in [0.29, 0.717) is 11.1 Å². The van der Waals surface area contributed by atoms with Gasteiger partial charge < -0.3 is 29.2 Å². The number of rotatable bonds is 4. The topological polar surface area (TPSA) is 180 Å². The van der Waals surface area contributed by atoms with E-state index in [-0.39, 0.29) is 48.0 Å². The molecule has 12 nitrogen and oxygen atoms in total. The van der Waals surface area contributed by atoms with Crippen LogP contribution in [0.2, 0.25) is 0 Å². The Bertz CT molecular complexity index is 1340. The van der Waals surface area contributed by atoms with Crippen molar-refractivity contribution in [2.24, 2.45) is 0 Å². The molecule has 2 heterocycles. The van der Waals surface area contributed by atoms with E-state index in [0.717, 1.165) is 0 Å². The number of hydrogen-bond acceptors (Lipinski definition) is 10. The molecule has 12 heteroatoms. The molecule has 5 rings (SSSR count). The molecule has 0 amide bonds. The second-order valence-electron chi connectivity index (χ2n) is 9.35. The minimum Gasteiger partial charge on any atom is -0.478 e. The zero-order chi connectivity index (χ0) is 28.7. The average Bonchev–Trinajstić information content (AvgIpc) is 2.91. The van der Waals surface area contributed by atoms with E-state index in [9.17, 15) is 28.8 Å². The Hall–Kier alpha value is -5.26. The van der Waals surface area contributed by atoms with Gasteiger partial charge in [-0.2, -0.15) is 0 Å². The fourth-order valence-corrected chi connectivity index (χ4v) is 4.54. The van der Waals surface area contributed by atoms with Gasteiger partial charge in [0.25, 0.3) is 11.6 Å². The Balaban J connectivity index is 1.25. The van der Waals surface area contributed by atoms with Crippen molar-refractivity contribution in [1.82, 2.24) is 0 Å².